The second-order valence-electron chi connectivity index (χ2n) is 3.46. The molecule has 0 fully saturated rings. The number of nitrogens with zero attached hydrogens (tertiary/aromatic N) is 1. The number of rotatable bonds is 2. The molecule has 1 rings (SSSR count). The van der Waals surface area contributed by atoms with Crippen molar-refractivity contribution in [1.29, 1.82) is 0 Å². The van der Waals surface area contributed by atoms with Crippen molar-refractivity contribution in [2.75, 3.05) is 5.73 Å². The van der Waals surface area contributed by atoms with Gasteiger partial charge in [-0.15, -0.1) is 0 Å². The third-order valence-corrected chi connectivity index (χ3v) is 2.09. The van der Waals surface area contributed by atoms with Crippen LogP contribution in [0, 0.1) is 5.92 Å². The Kier molecular flexibility index (Phi) is 3.00. The number of aromatic amines is 1. The molecule has 1 aromatic heterocycles. The van der Waals surface area contributed by atoms with Gasteiger partial charge in [0.2, 0.25) is 0 Å². The summed E-state index contributed by atoms with van der Waals surface area (Å²) >= 11 is 5.61. The Balaban J connectivity index is 3.37. The van der Waals surface area contributed by atoms with E-state index in [9.17, 15) is 9.59 Å². The Labute approximate surface area is 85.5 Å². The fraction of sp³-hybridized carbons (Fsp3) is 0.500. The SMILES string of the molecule is CC(C)Cn1c(N)c(Cl)c(=O)[nH]c1=O. The van der Waals surface area contributed by atoms with E-state index in [1.165, 1.54) is 4.57 Å². The summed E-state index contributed by atoms with van der Waals surface area (Å²) in [5.41, 5.74) is 4.38. The number of hydrogen-bond acceptors (Lipinski definition) is 3. The van der Waals surface area contributed by atoms with Crippen molar-refractivity contribution in [2.24, 2.45) is 5.92 Å². The summed E-state index contributed by atoms with van der Waals surface area (Å²) in [4.78, 5) is 24.4. The van der Waals surface area contributed by atoms with Gasteiger partial charge in [0.1, 0.15) is 10.8 Å². The third-order valence-electron chi connectivity index (χ3n) is 1.73. The van der Waals surface area contributed by atoms with Crippen LogP contribution in [0.4, 0.5) is 5.82 Å². The maximum Gasteiger partial charge on any atom is 0.329 e. The second kappa shape index (κ2) is 3.88. The molecule has 0 spiro atoms. The lowest BCUT2D eigenvalue weighted by Gasteiger charge is -2.11. The minimum atomic E-state index is -0.644. The van der Waals surface area contributed by atoms with E-state index >= 15 is 0 Å². The van der Waals surface area contributed by atoms with E-state index in [0.717, 1.165) is 0 Å². The number of H-pyrrole nitrogens is 1. The summed E-state index contributed by atoms with van der Waals surface area (Å²) in [6.07, 6.45) is 0. The van der Waals surface area contributed by atoms with Crippen molar-refractivity contribution in [3.8, 4) is 0 Å². The number of nitrogens with one attached hydrogen (secondary N) is 1. The van der Waals surface area contributed by atoms with Crippen LogP contribution in [-0.2, 0) is 6.54 Å². The topological polar surface area (TPSA) is 80.9 Å². The smallest absolute Gasteiger partial charge is 0.329 e. The number of aromatic nitrogens is 2. The van der Waals surface area contributed by atoms with E-state index < -0.39 is 11.2 Å². The highest BCUT2D eigenvalue weighted by atomic mass is 35.5. The van der Waals surface area contributed by atoms with Gasteiger partial charge in [-0.2, -0.15) is 0 Å². The van der Waals surface area contributed by atoms with Crippen LogP contribution in [0.25, 0.3) is 0 Å². The summed E-state index contributed by atoms with van der Waals surface area (Å²) in [5, 5.41) is -0.134. The Morgan fingerprint density at radius 1 is 1.50 bits per heavy atom. The molecule has 0 saturated heterocycles. The van der Waals surface area contributed by atoms with Gasteiger partial charge in [0.15, 0.2) is 0 Å². The minimum Gasteiger partial charge on any atom is -0.384 e. The van der Waals surface area contributed by atoms with E-state index in [1.54, 1.807) is 0 Å². The molecule has 6 heteroatoms. The van der Waals surface area contributed by atoms with E-state index in [2.05, 4.69) is 4.98 Å². The average Bonchev–Trinajstić information content (AvgIpc) is 2.09. The van der Waals surface area contributed by atoms with Crippen molar-refractivity contribution in [3.05, 3.63) is 25.9 Å². The molecule has 3 N–H and O–H groups in total. The standard InChI is InChI=1S/C8H12ClN3O2/c1-4(2)3-12-6(10)5(9)7(13)11-8(12)14/h4H,3,10H2,1-2H3,(H,11,13,14). The largest absolute Gasteiger partial charge is 0.384 e. The summed E-state index contributed by atoms with van der Waals surface area (Å²) in [6, 6.07) is 0. The van der Waals surface area contributed by atoms with Gasteiger partial charge in [0.05, 0.1) is 0 Å². The highest BCUT2D eigenvalue weighted by molar-refractivity contribution is 6.32. The summed E-state index contributed by atoms with van der Waals surface area (Å²) in [5.74, 6) is 0.270. The second-order valence-corrected chi connectivity index (χ2v) is 3.84. The fourth-order valence-corrected chi connectivity index (χ4v) is 1.26. The highest BCUT2D eigenvalue weighted by Crippen LogP contribution is 2.11. The summed E-state index contributed by atoms with van der Waals surface area (Å²) in [7, 11) is 0. The van der Waals surface area contributed by atoms with Crippen molar-refractivity contribution in [3.63, 3.8) is 0 Å². The van der Waals surface area contributed by atoms with Crippen molar-refractivity contribution in [1.82, 2.24) is 9.55 Å². The Hall–Kier alpha value is -1.23. The zero-order chi connectivity index (χ0) is 10.9. The highest BCUT2D eigenvalue weighted by Gasteiger charge is 2.10. The molecule has 1 aromatic rings. The van der Waals surface area contributed by atoms with Crippen molar-refractivity contribution in [2.45, 2.75) is 20.4 Å². The number of nitrogen functional groups attached to an aromatic ring is 1. The first kappa shape index (κ1) is 10.8. The first-order valence-corrected chi connectivity index (χ1v) is 4.59. The van der Waals surface area contributed by atoms with Gasteiger partial charge in [-0.25, -0.2) is 4.79 Å². The lowest BCUT2D eigenvalue weighted by atomic mass is 10.2. The van der Waals surface area contributed by atoms with Crippen molar-refractivity contribution < 1.29 is 0 Å². The number of hydrogen-bond donors (Lipinski definition) is 2. The predicted molar refractivity (Wildman–Crippen MR) is 55.6 cm³/mol. The third kappa shape index (κ3) is 1.98. The number of halogens is 1. The fourth-order valence-electron chi connectivity index (χ4n) is 1.11. The molecule has 14 heavy (non-hydrogen) atoms. The molecule has 5 nitrogen and oxygen atoms in total. The molecule has 0 saturated carbocycles. The van der Waals surface area contributed by atoms with E-state index in [-0.39, 0.29) is 16.8 Å². The number of nitrogens with two attached hydrogens (primary N) is 1. The van der Waals surface area contributed by atoms with Crippen LogP contribution in [0.3, 0.4) is 0 Å². The first-order valence-electron chi connectivity index (χ1n) is 4.21. The molecular formula is C8H12ClN3O2. The molecule has 0 aromatic carbocycles. The van der Waals surface area contributed by atoms with Gasteiger partial charge in [-0.1, -0.05) is 25.4 Å². The van der Waals surface area contributed by atoms with E-state index in [0.29, 0.717) is 6.54 Å². The molecule has 0 radical (unpaired) electrons. The molecule has 0 aliphatic carbocycles. The summed E-state index contributed by atoms with van der Waals surface area (Å²) in [6.45, 7) is 4.30. The van der Waals surface area contributed by atoms with Gasteiger partial charge in [-0.05, 0) is 5.92 Å². The molecule has 0 bridgehead atoms. The molecule has 0 unspecified atom stereocenters. The Bertz CT molecular complexity index is 447. The molecule has 78 valence electrons. The average molecular weight is 218 g/mol. The number of anilines is 1. The maximum absolute atomic E-state index is 11.3. The van der Waals surface area contributed by atoms with Crippen LogP contribution in [-0.4, -0.2) is 9.55 Å². The minimum absolute atomic E-state index is 0.0223. The predicted octanol–water partition coefficient (Wildman–Crippen LogP) is 0.428. The van der Waals surface area contributed by atoms with Gasteiger partial charge in [0, 0.05) is 6.54 Å². The van der Waals surface area contributed by atoms with Crippen LogP contribution < -0.4 is 17.0 Å². The van der Waals surface area contributed by atoms with Gasteiger partial charge >= 0.3 is 5.69 Å². The lowest BCUT2D eigenvalue weighted by Crippen LogP contribution is -2.33. The summed E-state index contributed by atoms with van der Waals surface area (Å²) < 4.78 is 1.26. The normalized spacial score (nSPS) is 10.9. The van der Waals surface area contributed by atoms with Crippen LogP contribution in [0.2, 0.25) is 5.02 Å². The molecule has 0 aliphatic heterocycles. The zero-order valence-corrected chi connectivity index (χ0v) is 8.76. The monoisotopic (exact) mass is 217 g/mol. The Morgan fingerprint density at radius 3 is 2.57 bits per heavy atom. The zero-order valence-electron chi connectivity index (χ0n) is 8.00. The van der Waals surface area contributed by atoms with E-state index in [1.807, 2.05) is 13.8 Å². The molecule has 0 aliphatic rings. The van der Waals surface area contributed by atoms with Crippen LogP contribution in [0.5, 0.6) is 0 Å². The van der Waals surface area contributed by atoms with Crippen LogP contribution in [0.1, 0.15) is 13.8 Å². The van der Waals surface area contributed by atoms with Gasteiger partial charge < -0.3 is 5.73 Å². The van der Waals surface area contributed by atoms with E-state index in [4.69, 9.17) is 17.3 Å². The molecular weight excluding hydrogens is 206 g/mol. The van der Waals surface area contributed by atoms with Gasteiger partial charge in [-0.3, -0.25) is 14.3 Å². The van der Waals surface area contributed by atoms with Crippen molar-refractivity contribution >= 4 is 17.4 Å². The van der Waals surface area contributed by atoms with Crippen LogP contribution in [0.15, 0.2) is 9.59 Å². The van der Waals surface area contributed by atoms with Gasteiger partial charge in [0.25, 0.3) is 5.56 Å². The maximum atomic E-state index is 11.3. The molecule has 0 amide bonds. The quantitative estimate of drug-likeness (QED) is 0.754. The molecule has 1 heterocycles. The first-order chi connectivity index (χ1) is 6.43. The Morgan fingerprint density at radius 2 is 2.07 bits per heavy atom. The van der Waals surface area contributed by atoms with Crippen LogP contribution >= 0.6 is 11.6 Å². The lowest BCUT2D eigenvalue weighted by molar-refractivity contribution is 0.507. The molecule has 0 atom stereocenters.